The van der Waals surface area contributed by atoms with Crippen molar-refractivity contribution < 1.29 is 4.79 Å². The van der Waals surface area contributed by atoms with Gasteiger partial charge in [-0.1, -0.05) is 60.2 Å². The number of hydrogen-bond acceptors (Lipinski definition) is 5. The van der Waals surface area contributed by atoms with Crippen LogP contribution in [0.2, 0.25) is 0 Å². The van der Waals surface area contributed by atoms with E-state index in [-0.39, 0.29) is 11.8 Å². The van der Waals surface area contributed by atoms with Gasteiger partial charge in [0.15, 0.2) is 0 Å². The van der Waals surface area contributed by atoms with Crippen LogP contribution in [-0.2, 0) is 4.79 Å². The molecule has 7 heteroatoms. The molecule has 3 heterocycles. The van der Waals surface area contributed by atoms with E-state index in [4.69, 9.17) is 0 Å². The van der Waals surface area contributed by atoms with E-state index >= 15 is 0 Å². The predicted molar refractivity (Wildman–Crippen MR) is 113 cm³/mol. The lowest BCUT2D eigenvalue weighted by atomic mass is 9.85. The monoisotopic (exact) mass is 396 g/mol. The third kappa shape index (κ3) is 3.14. The zero-order valence-corrected chi connectivity index (χ0v) is 16.7. The highest BCUT2D eigenvalue weighted by Crippen LogP contribution is 2.40. The van der Waals surface area contributed by atoms with Crippen LogP contribution in [-0.4, -0.2) is 30.9 Å². The van der Waals surface area contributed by atoms with E-state index < -0.39 is 0 Å². The second-order valence-corrected chi connectivity index (χ2v) is 7.49. The number of nitrogens with one attached hydrogen (secondary N) is 1. The minimum absolute atomic E-state index is 0.0534. The Labute approximate surface area is 173 Å². The summed E-state index contributed by atoms with van der Waals surface area (Å²) < 4.78 is 1.59. The normalized spacial score (nSPS) is 15.5. The number of aromatic nitrogens is 5. The predicted octanol–water partition coefficient (Wildman–Crippen LogP) is 3.82. The Morgan fingerprint density at radius 3 is 2.70 bits per heavy atom. The van der Waals surface area contributed by atoms with Crippen molar-refractivity contribution in [2.24, 2.45) is 0 Å². The molecule has 7 nitrogen and oxygen atoms in total. The van der Waals surface area contributed by atoms with Gasteiger partial charge in [0, 0.05) is 23.5 Å². The van der Waals surface area contributed by atoms with Crippen molar-refractivity contribution in [1.29, 1.82) is 0 Å². The molecule has 0 spiro atoms. The Morgan fingerprint density at radius 2 is 1.90 bits per heavy atom. The molecular weight excluding hydrogens is 376 g/mol. The molecule has 5 rings (SSSR count). The molecule has 0 fully saturated rings. The average Bonchev–Trinajstić information content (AvgIpc) is 3.10. The van der Waals surface area contributed by atoms with Gasteiger partial charge >= 0.3 is 0 Å². The van der Waals surface area contributed by atoms with Crippen LogP contribution in [0.1, 0.15) is 34.7 Å². The summed E-state index contributed by atoms with van der Waals surface area (Å²) in [6.45, 7) is 4.00. The van der Waals surface area contributed by atoms with Gasteiger partial charge < -0.3 is 5.32 Å². The highest BCUT2D eigenvalue weighted by atomic mass is 16.1. The van der Waals surface area contributed by atoms with Gasteiger partial charge in [-0.2, -0.15) is 14.9 Å². The molecule has 1 aliphatic rings. The average molecular weight is 396 g/mol. The third-order valence-corrected chi connectivity index (χ3v) is 5.35. The minimum Gasteiger partial charge on any atom is -0.310 e. The van der Waals surface area contributed by atoms with E-state index in [1.807, 2.05) is 43.3 Å². The van der Waals surface area contributed by atoms with Gasteiger partial charge in [0.1, 0.15) is 5.82 Å². The summed E-state index contributed by atoms with van der Waals surface area (Å²) in [7, 11) is 0. The summed E-state index contributed by atoms with van der Waals surface area (Å²) in [4.78, 5) is 17.2. The molecular formula is C23H20N6O. The molecule has 4 aromatic rings. The Bertz CT molecular complexity index is 1250. The molecule has 2 aromatic heterocycles. The van der Waals surface area contributed by atoms with Gasteiger partial charge in [-0.15, -0.1) is 5.10 Å². The fourth-order valence-electron chi connectivity index (χ4n) is 4.00. The molecule has 0 saturated heterocycles. The highest BCUT2D eigenvalue weighted by molar-refractivity contribution is 5.95. The molecule has 0 aliphatic carbocycles. The first-order chi connectivity index (χ1) is 14.6. The SMILES string of the molecule is Cc1cccc(C2CC(=O)Nc3c2c(C)nn3-c2nncc(-c3ccccc3)n2)c1. The second kappa shape index (κ2) is 7.18. The minimum atomic E-state index is -0.0623. The van der Waals surface area contributed by atoms with E-state index in [2.05, 4.69) is 50.7 Å². The van der Waals surface area contributed by atoms with E-state index in [0.29, 0.717) is 23.9 Å². The van der Waals surface area contributed by atoms with Gasteiger partial charge in [-0.3, -0.25) is 4.79 Å². The van der Waals surface area contributed by atoms with Crippen LogP contribution in [0.25, 0.3) is 17.2 Å². The summed E-state index contributed by atoms with van der Waals surface area (Å²) >= 11 is 0. The van der Waals surface area contributed by atoms with E-state index in [1.54, 1.807) is 10.9 Å². The van der Waals surface area contributed by atoms with Crippen LogP contribution in [0, 0.1) is 13.8 Å². The number of amides is 1. The summed E-state index contributed by atoms with van der Waals surface area (Å²) in [5.74, 6) is 0.822. The number of benzene rings is 2. The molecule has 30 heavy (non-hydrogen) atoms. The summed E-state index contributed by atoms with van der Waals surface area (Å²) in [5, 5.41) is 15.9. The quantitative estimate of drug-likeness (QED) is 0.569. The van der Waals surface area contributed by atoms with Crippen molar-refractivity contribution in [3.05, 3.63) is 83.2 Å². The first-order valence-corrected chi connectivity index (χ1v) is 9.81. The van der Waals surface area contributed by atoms with Gasteiger partial charge in [0.25, 0.3) is 5.95 Å². The molecule has 1 atom stereocenters. The molecule has 1 unspecified atom stereocenters. The zero-order valence-electron chi connectivity index (χ0n) is 16.7. The Balaban J connectivity index is 1.63. The first kappa shape index (κ1) is 18.2. The lowest BCUT2D eigenvalue weighted by molar-refractivity contribution is -0.116. The Morgan fingerprint density at radius 1 is 1.07 bits per heavy atom. The topological polar surface area (TPSA) is 85.6 Å². The Hall–Kier alpha value is -3.87. The van der Waals surface area contributed by atoms with Crippen molar-refractivity contribution in [2.45, 2.75) is 26.2 Å². The fourth-order valence-corrected chi connectivity index (χ4v) is 4.00. The summed E-state index contributed by atoms with van der Waals surface area (Å²) in [6.07, 6.45) is 2.00. The first-order valence-electron chi connectivity index (χ1n) is 9.81. The summed E-state index contributed by atoms with van der Waals surface area (Å²) in [5.41, 5.74) is 5.73. The number of nitrogens with zero attached hydrogens (tertiary/aromatic N) is 5. The van der Waals surface area contributed by atoms with Crippen molar-refractivity contribution in [3.8, 4) is 17.2 Å². The maximum atomic E-state index is 12.6. The number of rotatable bonds is 3. The Kier molecular flexibility index (Phi) is 4.35. The second-order valence-electron chi connectivity index (χ2n) is 7.49. The van der Waals surface area contributed by atoms with Crippen LogP contribution in [0.5, 0.6) is 0 Å². The van der Waals surface area contributed by atoms with E-state index in [0.717, 1.165) is 27.9 Å². The van der Waals surface area contributed by atoms with Crippen molar-refractivity contribution in [3.63, 3.8) is 0 Å². The number of fused-ring (bicyclic) bond motifs is 1. The molecule has 0 saturated carbocycles. The third-order valence-electron chi connectivity index (χ3n) is 5.35. The molecule has 0 radical (unpaired) electrons. The lowest BCUT2D eigenvalue weighted by Gasteiger charge is -2.24. The number of carbonyl (C=O) groups is 1. The highest BCUT2D eigenvalue weighted by Gasteiger charge is 2.33. The van der Waals surface area contributed by atoms with Gasteiger partial charge in [-0.25, -0.2) is 4.98 Å². The smallest absolute Gasteiger partial charge is 0.272 e. The largest absolute Gasteiger partial charge is 0.310 e. The van der Waals surface area contributed by atoms with Crippen LogP contribution < -0.4 is 5.32 Å². The molecule has 1 amide bonds. The van der Waals surface area contributed by atoms with Gasteiger partial charge in [-0.05, 0) is 19.4 Å². The molecule has 2 aromatic carbocycles. The number of hydrogen-bond donors (Lipinski definition) is 1. The van der Waals surface area contributed by atoms with Gasteiger partial charge in [0.05, 0.1) is 17.6 Å². The fraction of sp³-hybridized carbons (Fsp3) is 0.174. The maximum Gasteiger partial charge on any atom is 0.272 e. The molecule has 148 valence electrons. The van der Waals surface area contributed by atoms with Gasteiger partial charge in [0.2, 0.25) is 5.91 Å². The number of carbonyl (C=O) groups excluding carboxylic acids is 1. The van der Waals surface area contributed by atoms with Crippen molar-refractivity contribution in [1.82, 2.24) is 25.0 Å². The molecule has 1 N–H and O–H groups in total. The number of anilines is 1. The van der Waals surface area contributed by atoms with Crippen LogP contribution in [0.4, 0.5) is 5.82 Å². The van der Waals surface area contributed by atoms with Crippen LogP contribution in [0.15, 0.2) is 60.8 Å². The maximum absolute atomic E-state index is 12.6. The zero-order chi connectivity index (χ0) is 20.7. The molecule has 1 aliphatic heterocycles. The lowest BCUT2D eigenvalue weighted by Crippen LogP contribution is -2.25. The molecule has 0 bridgehead atoms. The van der Waals surface area contributed by atoms with Crippen LogP contribution >= 0.6 is 0 Å². The van der Waals surface area contributed by atoms with Crippen molar-refractivity contribution >= 4 is 11.7 Å². The standard InChI is InChI=1S/C23H20N6O/c1-14-7-6-10-17(11-14)18-12-20(30)26-22-21(18)15(2)28-29(22)23-25-19(13-24-27-23)16-8-4-3-5-9-16/h3-11,13,18H,12H2,1-2H3,(H,26,30). The number of aryl methyl sites for hydroxylation is 2. The van der Waals surface area contributed by atoms with E-state index in [9.17, 15) is 4.79 Å². The van der Waals surface area contributed by atoms with Crippen LogP contribution in [0.3, 0.4) is 0 Å². The van der Waals surface area contributed by atoms with E-state index in [1.165, 1.54) is 0 Å². The van der Waals surface area contributed by atoms with Crippen molar-refractivity contribution in [2.75, 3.05) is 5.32 Å². The summed E-state index contributed by atoms with van der Waals surface area (Å²) in [6, 6.07) is 18.0.